The van der Waals surface area contributed by atoms with Crippen LogP contribution in [-0.2, 0) is 6.54 Å². The third kappa shape index (κ3) is 5.57. The predicted molar refractivity (Wildman–Crippen MR) is 101 cm³/mol. The van der Waals surface area contributed by atoms with E-state index >= 15 is 0 Å². The highest BCUT2D eigenvalue weighted by atomic mass is 35.5. The Bertz CT molecular complexity index is 628. The van der Waals surface area contributed by atoms with Crippen molar-refractivity contribution in [3.05, 3.63) is 65.2 Å². The van der Waals surface area contributed by atoms with Crippen LogP contribution in [0.25, 0.3) is 0 Å². The summed E-state index contributed by atoms with van der Waals surface area (Å²) in [6.07, 6.45) is 3.22. The highest BCUT2D eigenvalue weighted by molar-refractivity contribution is 6.30. The van der Waals surface area contributed by atoms with Gasteiger partial charge in [-0.2, -0.15) is 0 Å². The number of rotatable bonds is 7. The molecule has 0 heterocycles. The molecule has 0 saturated heterocycles. The van der Waals surface area contributed by atoms with E-state index < -0.39 is 0 Å². The first-order chi connectivity index (χ1) is 11.6. The van der Waals surface area contributed by atoms with E-state index in [1.54, 1.807) is 0 Å². The second-order valence-corrected chi connectivity index (χ2v) is 6.48. The molecular formula is C20H25ClN2O. The van der Waals surface area contributed by atoms with E-state index in [4.69, 9.17) is 11.6 Å². The van der Waals surface area contributed by atoms with Crippen molar-refractivity contribution in [2.24, 2.45) is 0 Å². The van der Waals surface area contributed by atoms with Crippen LogP contribution < -0.4 is 5.32 Å². The number of unbranched alkanes of at least 4 members (excludes halogenated alkanes) is 1. The minimum Gasteiger partial charge on any atom is -0.318 e. The maximum atomic E-state index is 12.8. The number of amides is 2. The average Bonchev–Trinajstić information content (AvgIpc) is 2.60. The molecule has 2 amide bonds. The summed E-state index contributed by atoms with van der Waals surface area (Å²) >= 11 is 5.96. The highest BCUT2D eigenvalue weighted by Crippen LogP contribution is 2.17. The molecule has 1 N–H and O–H groups in total. The molecule has 1 atom stereocenters. The number of carbonyl (C=O) groups excluding carboxylic acids is 1. The molecule has 128 valence electrons. The highest BCUT2D eigenvalue weighted by Gasteiger charge is 2.20. The van der Waals surface area contributed by atoms with Gasteiger partial charge in [0.05, 0.1) is 0 Å². The molecule has 2 aromatic rings. The molecule has 0 aliphatic heterocycles. The van der Waals surface area contributed by atoms with Crippen molar-refractivity contribution in [1.29, 1.82) is 0 Å². The summed E-state index contributed by atoms with van der Waals surface area (Å²) in [4.78, 5) is 14.7. The van der Waals surface area contributed by atoms with Gasteiger partial charge < -0.3 is 10.2 Å². The fourth-order valence-corrected chi connectivity index (χ4v) is 2.71. The first kappa shape index (κ1) is 18.3. The van der Waals surface area contributed by atoms with E-state index in [1.165, 1.54) is 0 Å². The number of urea groups is 1. The molecule has 0 spiro atoms. The summed E-state index contributed by atoms with van der Waals surface area (Å²) in [5.41, 5.74) is 1.89. The molecule has 0 aliphatic rings. The van der Waals surface area contributed by atoms with Gasteiger partial charge in [-0.15, -0.1) is 0 Å². The molecule has 0 fully saturated rings. The van der Waals surface area contributed by atoms with Crippen LogP contribution in [0.5, 0.6) is 0 Å². The van der Waals surface area contributed by atoms with Crippen molar-refractivity contribution in [2.75, 3.05) is 5.32 Å². The predicted octanol–water partition coefficient (Wildman–Crippen LogP) is 5.95. The van der Waals surface area contributed by atoms with Crippen molar-refractivity contribution in [3.63, 3.8) is 0 Å². The zero-order chi connectivity index (χ0) is 17.4. The van der Waals surface area contributed by atoms with E-state index in [9.17, 15) is 4.79 Å². The van der Waals surface area contributed by atoms with Gasteiger partial charge in [0.2, 0.25) is 0 Å². The summed E-state index contributed by atoms with van der Waals surface area (Å²) in [5, 5.41) is 3.70. The van der Waals surface area contributed by atoms with Gasteiger partial charge in [0.15, 0.2) is 0 Å². The fourth-order valence-electron chi connectivity index (χ4n) is 2.59. The van der Waals surface area contributed by atoms with E-state index in [-0.39, 0.29) is 12.1 Å². The van der Waals surface area contributed by atoms with Crippen LogP contribution >= 0.6 is 11.6 Å². The summed E-state index contributed by atoms with van der Waals surface area (Å²) in [5.74, 6) is 0. The van der Waals surface area contributed by atoms with Crippen LogP contribution in [0.15, 0.2) is 54.6 Å². The van der Waals surface area contributed by atoms with Crippen molar-refractivity contribution in [2.45, 2.75) is 45.7 Å². The number of anilines is 1. The molecular weight excluding hydrogens is 320 g/mol. The smallest absolute Gasteiger partial charge is 0.318 e. The van der Waals surface area contributed by atoms with E-state index in [0.29, 0.717) is 11.6 Å². The monoisotopic (exact) mass is 344 g/mol. The Morgan fingerprint density at radius 3 is 2.42 bits per heavy atom. The molecule has 0 aromatic heterocycles. The fraction of sp³-hybridized carbons (Fsp3) is 0.350. The Kier molecular flexibility index (Phi) is 7.13. The van der Waals surface area contributed by atoms with Crippen LogP contribution in [0, 0.1) is 0 Å². The van der Waals surface area contributed by atoms with Crippen molar-refractivity contribution in [3.8, 4) is 0 Å². The number of para-hydroxylation sites is 1. The number of carbonyl (C=O) groups is 1. The summed E-state index contributed by atoms with van der Waals surface area (Å²) in [6, 6.07) is 17.3. The van der Waals surface area contributed by atoms with Gasteiger partial charge in [0, 0.05) is 23.3 Å². The summed E-state index contributed by atoms with van der Waals surface area (Å²) in [7, 11) is 0. The molecule has 0 saturated carbocycles. The minimum atomic E-state index is -0.0697. The normalized spacial score (nSPS) is 11.8. The second-order valence-electron chi connectivity index (χ2n) is 6.04. The van der Waals surface area contributed by atoms with Crippen molar-refractivity contribution in [1.82, 2.24) is 4.90 Å². The number of hydrogen-bond donors (Lipinski definition) is 1. The maximum Gasteiger partial charge on any atom is 0.322 e. The van der Waals surface area contributed by atoms with E-state index in [1.807, 2.05) is 59.5 Å². The molecule has 0 aliphatic carbocycles. The van der Waals surface area contributed by atoms with Gasteiger partial charge in [0.1, 0.15) is 0 Å². The summed E-state index contributed by atoms with van der Waals surface area (Å²) < 4.78 is 0. The molecule has 2 rings (SSSR count). The lowest BCUT2D eigenvalue weighted by atomic mass is 10.1. The lowest BCUT2D eigenvalue weighted by Crippen LogP contribution is -2.41. The van der Waals surface area contributed by atoms with Gasteiger partial charge in [-0.1, -0.05) is 61.7 Å². The van der Waals surface area contributed by atoms with Crippen LogP contribution in [0.4, 0.5) is 10.5 Å². The third-order valence-electron chi connectivity index (χ3n) is 4.06. The zero-order valence-electron chi connectivity index (χ0n) is 14.3. The van der Waals surface area contributed by atoms with Gasteiger partial charge in [-0.3, -0.25) is 0 Å². The lowest BCUT2D eigenvalue weighted by molar-refractivity contribution is 0.184. The average molecular weight is 345 g/mol. The van der Waals surface area contributed by atoms with Crippen LogP contribution in [0.2, 0.25) is 5.02 Å². The topological polar surface area (TPSA) is 32.3 Å². The van der Waals surface area contributed by atoms with Crippen molar-refractivity contribution < 1.29 is 4.79 Å². The molecule has 3 nitrogen and oxygen atoms in total. The number of benzene rings is 2. The Balaban J connectivity index is 2.11. The Hall–Kier alpha value is -2.00. The minimum absolute atomic E-state index is 0.0697. The Morgan fingerprint density at radius 2 is 1.79 bits per heavy atom. The van der Waals surface area contributed by atoms with E-state index in [2.05, 4.69) is 19.2 Å². The lowest BCUT2D eigenvalue weighted by Gasteiger charge is -2.29. The largest absolute Gasteiger partial charge is 0.322 e. The first-order valence-corrected chi connectivity index (χ1v) is 8.85. The number of hydrogen-bond acceptors (Lipinski definition) is 1. The van der Waals surface area contributed by atoms with Crippen molar-refractivity contribution >= 4 is 23.3 Å². The third-order valence-corrected chi connectivity index (χ3v) is 4.31. The molecule has 4 heteroatoms. The number of halogens is 1. The Morgan fingerprint density at radius 1 is 1.12 bits per heavy atom. The molecule has 24 heavy (non-hydrogen) atoms. The molecule has 1 unspecified atom stereocenters. The zero-order valence-corrected chi connectivity index (χ0v) is 15.1. The second kappa shape index (κ2) is 9.33. The molecule has 0 bridgehead atoms. The van der Waals surface area contributed by atoms with Gasteiger partial charge in [0.25, 0.3) is 0 Å². The Labute approximate surface area is 149 Å². The van der Waals surface area contributed by atoms with Crippen LogP contribution in [0.3, 0.4) is 0 Å². The van der Waals surface area contributed by atoms with Gasteiger partial charge >= 0.3 is 6.03 Å². The first-order valence-electron chi connectivity index (χ1n) is 8.47. The summed E-state index contributed by atoms with van der Waals surface area (Å²) in [6.45, 7) is 4.84. The van der Waals surface area contributed by atoms with E-state index in [0.717, 1.165) is 30.5 Å². The molecule has 2 aromatic carbocycles. The standard InChI is InChI=1S/C20H25ClN2O/c1-3-4-8-16(2)23(15-17-11-13-18(21)14-12-17)20(24)22-19-9-6-5-7-10-19/h5-7,9-14,16H,3-4,8,15H2,1-2H3,(H,22,24). The van der Waals surface area contributed by atoms with Crippen LogP contribution in [0.1, 0.15) is 38.7 Å². The van der Waals surface area contributed by atoms with Crippen LogP contribution in [-0.4, -0.2) is 17.0 Å². The maximum absolute atomic E-state index is 12.8. The van der Waals surface area contributed by atoms with Gasteiger partial charge in [-0.25, -0.2) is 4.79 Å². The number of nitrogens with zero attached hydrogens (tertiary/aromatic N) is 1. The quantitative estimate of drug-likeness (QED) is 0.661. The SMILES string of the molecule is CCCCC(C)N(Cc1ccc(Cl)cc1)C(=O)Nc1ccccc1. The van der Waals surface area contributed by atoms with Gasteiger partial charge in [-0.05, 0) is 43.2 Å². The number of nitrogens with one attached hydrogen (secondary N) is 1. The molecule has 0 radical (unpaired) electrons.